The van der Waals surface area contributed by atoms with Crippen LogP contribution in [0, 0.1) is 0 Å². The van der Waals surface area contributed by atoms with Crippen molar-refractivity contribution in [1.29, 1.82) is 0 Å². The van der Waals surface area contributed by atoms with Crippen molar-refractivity contribution in [2.24, 2.45) is 0 Å². The highest BCUT2D eigenvalue weighted by molar-refractivity contribution is 7.13. The Hall–Kier alpha value is -3.06. The van der Waals surface area contributed by atoms with Gasteiger partial charge in [-0.1, -0.05) is 12.1 Å². The summed E-state index contributed by atoms with van der Waals surface area (Å²) < 4.78 is 17.8. The molecule has 0 bridgehead atoms. The normalized spacial score (nSPS) is 15.9. The first kappa shape index (κ1) is 19.9. The van der Waals surface area contributed by atoms with Crippen LogP contribution in [-0.2, 0) is 11.2 Å². The van der Waals surface area contributed by atoms with Crippen LogP contribution in [0.5, 0.6) is 17.2 Å². The number of ether oxygens (including phenoxy) is 3. The van der Waals surface area contributed by atoms with Crippen molar-refractivity contribution >= 4 is 22.9 Å². The van der Waals surface area contributed by atoms with E-state index in [1.807, 2.05) is 54.8 Å². The monoisotopic (exact) mass is 436 g/mol. The van der Waals surface area contributed by atoms with Crippen molar-refractivity contribution in [3.63, 3.8) is 0 Å². The molecule has 1 aliphatic heterocycles. The van der Waals surface area contributed by atoms with E-state index < -0.39 is 5.79 Å². The third-order valence-electron chi connectivity index (χ3n) is 5.50. The number of anilines is 1. The van der Waals surface area contributed by atoms with Gasteiger partial charge in [0, 0.05) is 30.0 Å². The van der Waals surface area contributed by atoms with Gasteiger partial charge in [0.1, 0.15) is 10.8 Å². The Morgan fingerprint density at radius 2 is 1.97 bits per heavy atom. The number of thiazole rings is 1. The molecule has 1 saturated carbocycles. The van der Waals surface area contributed by atoms with E-state index in [9.17, 15) is 4.79 Å². The lowest BCUT2D eigenvalue weighted by Crippen LogP contribution is -2.34. The number of nitrogens with one attached hydrogen (secondary N) is 1. The smallest absolute Gasteiger partial charge is 0.251 e. The third-order valence-corrected chi connectivity index (χ3v) is 6.42. The average molecular weight is 437 g/mol. The van der Waals surface area contributed by atoms with Crippen molar-refractivity contribution in [2.45, 2.75) is 44.8 Å². The number of rotatable bonds is 6. The molecule has 0 radical (unpaired) electrons. The fourth-order valence-corrected chi connectivity index (χ4v) is 4.94. The first-order chi connectivity index (χ1) is 15.1. The van der Waals surface area contributed by atoms with Crippen LogP contribution in [0.3, 0.4) is 0 Å². The van der Waals surface area contributed by atoms with Crippen LogP contribution >= 0.6 is 11.3 Å². The summed E-state index contributed by atoms with van der Waals surface area (Å²) in [4.78, 5) is 17.2. The van der Waals surface area contributed by atoms with E-state index in [0.29, 0.717) is 18.0 Å². The Balaban J connectivity index is 1.24. The quantitative estimate of drug-likeness (QED) is 0.558. The minimum atomic E-state index is -0.500. The number of carbonyl (C=O) groups excluding carboxylic acids is 1. The highest BCUT2D eigenvalue weighted by Gasteiger charge is 2.44. The highest BCUT2D eigenvalue weighted by Crippen LogP contribution is 2.47. The van der Waals surface area contributed by atoms with Crippen LogP contribution in [0.15, 0.2) is 47.8 Å². The number of nitrogens with zero attached hydrogens (tertiary/aromatic N) is 1. The predicted molar refractivity (Wildman–Crippen MR) is 120 cm³/mol. The fraction of sp³-hybridized carbons (Fsp3) is 0.333. The van der Waals surface area contributed by atoms with Gasteiger partial charge in [0.2, 0.25) is 5.91 Å². The number of hydrogen-bond acceptors (Lipinski definition) is 6. The van der Waals surface area contributed by atoms with E-state index in [2.05, 4.69) is 10.3 Å². The number of hydrogen-bond donors (Lipinski definition) is 1. The molecule has 0 atom stereocenters. The second kappa shape index (κ2) is 8.23. The van der Waals surface area contributed by atoms with Crippen LogP contribution in [0.1, 0.15) is 38.3 Å². The summed E-state index contributed by atoms with van der Waals surface area (Å²) in [6.07, 6.45) is 4.24. The molecule has 0 saturated heterocycles. The maximum atomic E-state index is 12.6. The molecule has 1 aliphatic carbocycles. The van der Waals surface area contributed by atoms with E-state index in [0.717, 1.165) is 53.4 Å². The maximum Gasteiger partial charge on any atom is 0.251 e. The van der Waals surface area contributed by atoms with E-state index >= 15 is 0 Å². The predicted octanol–water partition coefficient (Wildman–Crippen LogP) is 5.43. The van der Waals surface area contributed by atoms with Gasteiger partial charge in [0.15, 0.2) is 11.5 Å². The van der Waals surface area contributed by atoms with Crippen molar-refractivity contribution in [1.82, 2.24) is 4.98 Å². The van der Waals surface area contributed by atoms with Gasteiger partial charge in [0.25, 0.3) is 5.79 Å². The van der Waals surface area contributed by atoms with Crippen LogP contribution in [0.25, 0.3) is 10.6 Å². The molecule has 2 aromatic carbocycles. The first-order valence-corrected chi connectivity index (χ1v) is 11.5. The molecule has 160 valence electrons. The zero-order valence-corrected chi connectivity index (χ0v) is 18.2. The Morgan fingerprint density at radius 1 is 1.16 bits per heavy atom. The molecule has 6 nitrogen and oxygen atoms in total. The summed E-state index contributed by atoms with van der Waals surface area (Å²) >= 11 is 1.51. The highest BCUT2D eigenvalue weighted by atomic mass is 32.1. The molecule has 1 amide bonds. The molecule has 7 heteroatoms. The number of fused-ring (bicyclic) bond motifs is 1. The largest absolute Gasteiger partial charge is 0.493 e. The van der Waals surface area contributed by atoms with E-state index in [4.69, 9.17) is 14.2 Å². The molecule has 5 rings (SSSR count). The van der Waals surface area contributed by atoms with Crippen molar-refractivity contribution in [3.8, 4) is 27.8 Å². The number of aromatic nitrogens is 1. The molecule has 2 aliphatic rings. The SMILES string of the molecule is CCOc1ccccc1-c1nc(CC(=O)Nc2ccc3c(c2)OC2(CCCC2)O3)cs1. The average Bonchev–Trinajstić information content (AvgIpc) is 3.49. The van der Waals surface area contributed by atoms with E-state index in [-0.39, 0.29) is 12.3 Å². The molecule has 1 spiro atoms. The summed E-state index contributed by atoms with van der Waals surface area (Å²) in [7, 11) is 0. The molecule has 1 fully saturated rings. The van der Waals surface area contributed by atoms with Crippen LogP contribution in [-0.4, -0.2) is 23.3 Å². The number of benzene rings is 2. The topological polar surface area (TPSA) is 69.7 Å². The molecular weight excluding hydrogens is 412 g/mol. The second-order valence-corrected chi connectivity index (χ2v) is 8.64. The first-order valence-electron chi connectivity index (χ1n) is 10.6. The molecule has 1 N–H and O–H groups in total. The summed E-state index contributed by atoms with van der Waals surface area (Å²) in [5.41, 5.74) is 2.37. The van der Waals surface area contributed by atoms with Gasteiger partial charge in [-0.25, -0.2) is 4.98 Å². The molecule has 1 aromatic heterocycles. The summed E-state index contributed by atoms with van der Waals surface area (Å²) in [6.45, 7) is 2.55. The zero-order chi connectivity index (χ0) is 21.3. The van der Waals surface area contributed by atoms with Gasteiger partial charge >= 0.3 is 0 Å². The van der Waals surface area contributed by atoms with Gasteiger partial charge < -0.3 is 19.5 Å². The van der Waals surface area contributed by atoms with Crippen LogP contribution in [0.4, 0.5) is 5.69 Å². The third kappa shape index (κ3) is 4.10. The van der Waals surface area contributed by atoms with Gasteiger partial charge in [0.05, 0.1) is 24.3 Å². The lowest BCUT2D eigenvalue weighted by Gasteiger charge is -2.21. The van der Waals surface area contributed by atoms with Crippen molar-refractivity contribution in [3.05, 3.63) is 53.5 Å². The minimum Gasteiger partial charge on any atom is -0.493 e. The number of amides is 1. The molecule has 31 heavy (non-hydrogen) atoms. The minimum absolute atomic E-state index is 0.121. The lowest BCUT2D eigenvalue weighted by atomic mass is 10.2. The van der Waals surface area contributed by atoms with E-state index in [1.54, 1.807) is 0 Å². The Labute approximate surface area is 185 Å². The molecule has 3 aromatic rings. The Morgan fingerprint density at radius 3 is 2.81 bits per heavy atom. The van der Waals surface area contributed by atoms with Gasteiger partial charge in [-0.05, 0) is 44.0 Å². The van der Waals surface area contributed by atoms with Crippen molar-refractivity contribution in [2.75, 3.05) is 11.9 Å². The summed E-state index contributed by atoms with van der Waals surface area (Å²) in [5, 5.41) is 5.71. The van der Waals surface area contributed by atoms with Gasteiger partial charge in [-0.3, -0.25) is 4.79 Å². The summed E-state index contributed by atoms with van der Waals surface area (Å²) in [5.74, 6) is 1.63. The summed E-state index contributed by atoms with van der Waals surface area (Å²) in [6, 6.07) is 13.4. The Bertz CT molecular complexity index is 1100. The molecule has 0 unspecified atom stereocenters. The molecular formula is C24H24N2O4S. The van der Waals surface area contributed by atoms with Gasteiger partial charge in [-0.15, -0.1) is 11.3 Å². The Kier molecular flexibility index (Phi) is 5.28. The standard InChI is InChI=1S/C24H24N2O4S/c1-2-28-19-8-4-3-7-18(19)23-26-17(15-31-23)14-22(27)25-16-9-10-20-21(13-16)30-24(29-20)11-5-6-12-24/h3-4,7-10,13,15H,2,5-6,11-12,14H2,1H3,(H,25,27). The number of carbonyl (C=O) groups is 1. The molecule has 2 heterocycles. The van der Waals surface area contributed by atoms with Gasteiger partial charge in [-0.2, -0.15) is 0 Å². The van der Waals surface area contributed by atoms with E-state index in [1.165, 1.54) is 11.3 Å². The van der Waals surface area contributed by atoms with Crippen LogP contribution < -0.4 is 19.5 Å². The number of para-hydroxylation sites is 1. The lowest BCUT2D eigenvalue weighted by molar-refractivity contribution is -0.115. The maximum absolute atomic E-state index is 12.6. The second-order valence-electron chi connectivity index (χ2n) is 7.78. The fourth-order valence-electron chi connectivity index (χ4n) is 4.10. The zero-order valence-electron chi connectivity index (χ0n) is 17.3. The van der Waals surface area contributed by atoms with Crippen molar-refractivity contribution < 1.29 is 19.0 Å². The van der Waals surface area contributed by atoms with Crippen LogP contribution in [0.2, 0.25) is 0 Å².